The normalized spacial score (nSPS) is 12.8. The van der Waals surface area contributed by atoms with E-state index in [0.717, 1.165) is 0 Å². The Morgan fingerprint density at radius 3 is 2.44 bits per heavy atom. The Balaban J connectivity index is 3.40. The van der Waals surface area contributed by atoms with E-state index >= 15 is 0 Å². The predicted molar refractivity (Wildman–Crippen MR) is 36.3 cm³/mol. The van der Waals surface area contributed by atoms with Crippen LogP contribution < -0.4 is 0 Å². The smallest absolute Gasteiger partial charge is 0.324 e. The lowest BCUT2D eigenvalue weighted by Gasteiger charge is -1.97. The van der Waals surface area contributed by atoms with Crippen LogP contribution in [0.3, 0.4) is 0 Å². The zero-order chi connectivity index (χ0) is 7.33. The molecule has 0 radical (unpaired) electrons. The minimum absolute atomic E-state index is 0.0443. The van der Waals surface area contributed by atoms with Crippen molar-refractivity contribution in [1.82, 2.24) is 0 Å². The quantitative estimate of drug-likeness (QED) is 0.468. The Morgan fingerprint density at radius 1 is 1.56 bits per heavy atom. The molecular formula is C5H11O3P. The van der Waals surface area contributed by atoms with Crippen molar-refractivity contribution in [2.45, 2.75) is 13.3 Å². The maximum absolute atomic E-state index is 10.2. The molecular weight excluding hydrogens is 139 g/mol. The highest BCUT2D eigenvalue weighted by Gasteiger charge is 2.09. The van der Waals surface area contributed by atoms with Crippen molar-refractivity contribution >= 4 is 7.60 Å². The van der Waals surface area contributed by atoms with Crippen molar-refractivity contribution in [2.24, 2.45) is 0 Å². The molecule has 0 aromatic rings. The molecule has 54 valence electrons. The highest BCUT2D eigenvalue weighted by molar-refractivity contribution is 7.51. The molecule has 0 spiro atoms. The lowest BCUT2D eigenvalue weighted by atomic mass is 10.4. The number of hydrogen-bond donors (Lipinski definition) is 2. The first-order valence-electron chi connectivity index (χ1n) is 2.72. The Labute approximate surface area is 54.6 Å². The summed E-state index contributed by atoms with van der Waals surface area (Å²) in [6.07, 6.45) is 3.92. The molecule has 0 aromatic heterocycles. The molecule has 0 saturated heterocycles. The molecule has 0 aliphatic rings. The topological polar surface area (TPSA) is 57.5 Å². The SMILES string of the molecule is CC=CCCP(=O)(O)O. The third-order valence-electron chi connectivity index (χ3n) is 0.823. The molecule has 0 rings (SSSR count). The number of hydrogen-bond acceptors (Lipinski definition) is 1. The van der Waals surface area contributed by atoms with Gasteiger partial charge in [0.1, 0.15) is 0 Å². The summed E-state index contributed by atoms with van der Waals surface area (Å²) >= 11 is 0. The summed E-state index contributed by atoms with van der Waals surface area (Å²) in [5.74, 6) is 0. The lowest BCUT2D eigenvalue weighted by Crippen LogP contribution is -1.83. The van der Waals surface area contributed by atoms with E-state index in [2.05, 4.69) is 0 Å². The second-order valence-electron chi connectivity index (χ2n) is 1.75. The van der Waals surface area contributed by atoms with Crippen molar-refractivity contribution in [1.29, 1.82) is 0 Å². The van der Waals surface area contributed by atoms with E-state index in [4.69, 9.17) is 9.79 Å². The van der Waals surface area contributed by atoms with Crippen LogP contribution in [0.5, 0.6) is 0 Å². The van der Waals surface area contributed by atoms with Gasteiger partial charge in [0.2, 0.25) is 0 Å². The van der Waals surface area contributed by atoms with E-state index in [1.807, 2.05) is 6.92 Å². The molecule has 0 aromatic carbocycles. The number of rotatable bonds is 3. The minimum Gasteiger partial charge on any atom is -0.324 e. The highest BCUT2D eigenvalue weighted by Crippen LogP contribution is 2.34. The second kappa shape index (κ2) is 3.83. The molecule has 0 bridgehead atoms. The van der Waals surface area contributed by atoms with E-state index < -0.39 is 7.60 Å². The van der Waals surface area contributed by atoms with Crippen molar-refractivity contribution in [3.05, 3.63) is 12.2 Å². The van der Waals surface area contributed by atoms with Gasteiger partial charge in [-0.1, -0.05) is 12.2 Å². The summed E-state index contributed by atoms with van der Waals surface area (Å²) in [6.45, 7) is 1.82. The fourth-order valence-corrected chi connectivity index (χ4v) is 0.895. The van der Waals surface area contributed by atoms with E-state index in [0.29, 0.717) is 6.42 Å². The van der Waals surface area contributed by atoms with Crippen molar-refractivity contribution < 1.29 is 14.4 Å². The molecule has 0 amide bonds. The lowest BCUT2D eigenvalue weighted by molar-refractivity contribution is 0.373. The van der Waals surface area contributed by atoms with Crippen molar-refractivity contribution in [3.63, 3.8) is 0 Å². The summed E-state index contributed by atoms with van der Waals surface area (Å²) in [7, 11) is -3.75. The van der Waals surface area contributed by atoms with Gasteiger partial charge >= 0.3 is 7.60 Å². The summed E-state index contributed by atoms with van der Waals surface area (Å²) in [6, 6.07) is 0. The van der Waals surface area contributed by atoms with Gasteiger partial charge in [0.25, 0.3) is 0 Å². The molecule has 0 fully saturated rings. The highest BCUT2D eigenvalue weighted by atomic mass is 31.2. The van der Waals surface area contributed by atoms with Crippen LogP contribution in [-0.2, 0) is 4.57 Å². The molecule has 3 nitrogen and oxygen atoms in total. The molecule has 0 unspecified atom stereocenters. The van der Waals surface area contributed by atoms with Crippen molar-refractivity contribution in [2.75, 3.05) is 6.16 Å². The van der Waals surface area contributed by atoms with Crippen LogP contribution in [-0.4, -0.2) is 15.9 Å². The Morgan fingerprint density at radius 2 is 2.11 bits per heavy atom. The van der Waals surface area contributed by atoms with E-state index in [1.54, 1.807) is 12.2 Å². The molecule has 0 heterocycles. The minimum atomic E-state index is -3.75. The van der Waals surface area contributed by atoms with Crippen LogP contribution in [0.2, 0.25) is 0 Å². The maximum atomic E-state index is 10.2. The van der Waals surface area contributed by atoms with Gasteiger partial charge in [-0.2, -0.15) is 0 Å². The third kappa shape index (κ3) is 7.89. The van der Waals surface area contributed by atoms with Gasteiger partial charge in [-0.15, -0.1) is 0 Å². The van der Waals surface area contributed by atoms with Crippen LogP contribution in [0, 0.1) is 0 Å². The van der Waals surface area contributed by atoms with E-state index in [-0.39, 0.29) is 6.16 Å². The Hall–Kier alpha value is -0.110. The van der Waals surface area contributed by atoms with Crippen LogP contribution in [0.1, 0.15) is 13.3 Å². The molecule has 0 atom stereocenters. The average Bonchev–Trinajstić information content (AvgIpc) is 1.63. The van der Waals surface area contributed by atoms with Crippen molar-refractivity contribution in [3.8, 4) is 0 Å². The first-order valence-corrected chi connectivity index (χ1v) is 4.52. The molecule has 2 N–H and O–H groups in total. The van der Waals surface area contributed by atoms with Crippen LogP contribution in [0.25, 0.3) is 0 Å². The van der Waals surface area contributed by atoms with E-state index in [1.165, 1.54) is 0 Å². The van der Waals surface area contributed by atoms with Gasteiger partial charge < -0.3 is 9.79 Å². The predicted octanol–water partition coefficient (Wildman–Crippen LogP) is 1.13. The third-order valence-corrected chi connectivity index (χ3v) is 1.66. The van der Waals surface area contributed by atoms with Gasteiger partial charge in [0.15, 0.2) is 0 Å². The first-order chi connectivity index (χ1) is 4.06. The van der Waals surface area contributed by atoms with Gasteiger partial charge in [-0.3, -0.25) is 4.57 Å². The molecule has 0 aliphatic heterocycles. The zero-order valence-corrected chi connectivity index (χ0v) is 6.21. The standard InChI is InChI=1S/C5H11O3P/c1-2-3-4-5-9(6,7)8/h2-3H,4-5H2,1H3,(H2,6,7,8). The number of allylic oxidation sites excluding steroid dienone is 2. The largest absolute Gasteiger partial charge is 0.325 e. The van der Waals surface area contributed by atoms with Gasteiger partial charge in [0.05, 0.1) is 6.16 Å². The average molecular weight is 150 g/mol. The Kier molecular flexibility index (Phi) is 3.78. The summed E-state index contributed by atoms with van der Waals surface area (Å²) in [5.41, 5.74) is 0. The molecule has 0 saturated carbocycles. The van der Waals surface area contributed by atoms with Gasteiger partial charge in [-0.05, 0) is 13.3 Å². The molecule has 9 heavy (non-hydrogen) atoms. The fraction of sp³-hybridized carbons (Fsp3) is 0.600. The molecule has 0 aliphatic carbocycles. The summed E-state index contributed by atoms with van der Waals surface area (Å²) in [4.78, 5) is 16.6. The monoisotopic (exact) mass is 150 g/mol. The summed E-state index contributed by atoms with van der Waals surface area (Å²) < 4.78 is 10.2. The van der Waals surface area contributed by atoms with Crippen LogP contribution in [0.4, 0.5) is 0 Å². The molecule has 4 heteroatoms. The fourth-order valence-electron chi connectivity index (χ4n) is 0.409. The first kappa shape index (κ1) is 8.89. The second-order valence-corrected chi connectivity index (χ2v) is 3.52. The Bertz CT molecular complexity index is 135. The van der Waals surface area contributed by atoms with Crippen LogP contribution in [0.15, 0.2) is 12.2 Å². The maximum Gasteiger partial charge on any atom is 0.325 e. The summed E-state index contributed by atoms with van der Waals surface area (Å²) in [5, 5.41) is 0. The van der Waals surface area contributed by atoms with Gasteiger partial charge in [-0.25, -0.2) is 0 Å². The zero-order valence-electron chi connectivity index (χ0n) is 5.32. The van der Waals surface area contributed by atoms with Gasteiger partial charge in [0, 0.05) is 0 Å². The van der Waals surface area contributed by atoms with Crippen LogP contribution >= 0.6 is 7.60 Å². The van der Waals surface area contributed by atoms with E-state index in [9.17, 15) is 4.57 Å².